The summed E-state index contributed by atoms with van der Waals surface area (Å²) in [5, 5.41) is 4.06. The highest BCUT2D eigenvalue weighted by molar-refractivity contribution is 6.30. The predicted molar refractivity (Wildman–Crippen MR) is 77.4 cm³/mol. The van der Waals surface area contributed by atoms with Gasteiger partial charge in [0.15, 0.2) is 5.76 Å². The van der Waals surface area contributed by atoms with Crippen LogP contribution in [0.1, 0.15) is 5.56 Å². The summed E-state index contributed by atoms with van der Waals surface area (Å²) in [5.74, 6) is -0.293. The van der Waals surface area contributed by atoms with Gasteiger partial charge in [0.2, 0.25) is 0 Å². The number of alkyl halides is 3. The van der Waals surface area contributed by atoms with Crippen molar-refractivity contribution in [3.8, 4) is 22.6 Å². The number of halogens is 4. The highest BCUT2D eigenvalue weighted by Gasteiger charge is 2.41. The Morgan fingerprint density at radius 1 is 0.864 bits per heavy atom. The minimum absolute atomic E-state index is 0.247. The van der Waals surface area contributed by atoms with Crippen LogP contribution in [0.5, 0.6) is 0 Å². The van der Waals surface area contributed by atoms with Crippen LogP contribution in [0.2, 0.25) is 5.02 Å². The average molecular weight is 324 g/mol. The number of nitrogens with zero attached hydrogens (tertiary/aromatic N) is 1. The third-order valence-electron chi connectivity index (χ3n) is 3.13. The van der Waals surface area contributed by atoms with Crippen LogP contribution in [0.25, 0.3) is 22.6 Å². The van der Waals surface area contributed by atoms with Crippen molar-refractivity contribution >= 4 is 11.6 Å². The maximum Gasteiger partial charge on any atom is 0.422 e. The van der Waals surface area contributed by atoms with E-state index >= 15 is 0 Å². The van der Waals surface area contributed by atoms with Crippen LogP contribution < -0.4 is 0 Å². The van der Waals surface area contributed by atoms with Crippen LogP contribution in [0, 0.1) is 0 Å². The molecular weight excluding hydrogens is 315 g/mol. The quantitative estimate of drug-likeness (QED) is 0.606. The Morgan fingerprint density at radius 3 is 2.09 bits per heavy atom. The zero-order chi connectivity index (χ0) is 15.7. The van der Waals surface area contributed by atoms with Crippen LogP contribution in [0.15, 0.2) is 59.1 Å². The Bertz CT molecular complexity index is 779. The van der Waals surface area contributed by atoms with Gasteiger partial charge in [0.05, 0.1) is 0 Å². The molecule has 0 radical (unpaired) electrons. The fourth-order valence-corrected chi connectivity index (χ4v) is 2.27. The van der Waals surface area contributed by atoms with Crippen LogP contribution >= 0.6 is 11.6 Å². The number of benzene rings is 2. The summed E-state index contributed by atoms with van der Waals surface area (Å²) in [4.78, 5) is 0. The molecular formula is C16H9ClF3NO. The van der Waals surface area contributed by atoms with Crippen LogP contribution in [-0.4, -0.2) is 5.16 Å². The average Bonchev–Trinajstić information content (AvgIpc) is 2.94. The molecule has 1 heterocycles. The zero-order valence-corrected chi connectivity index (χ0v) is 11.8. The van der Waals surface area contributed by atoms with Gasteiger partial charge in [0, 0.05) is 16.1 Å². The second-order valence-electron chi connectivity index (χ2n) is 4.61. The van der Waals surface area contributed by atoms with Crippen molar-refractivity contribution in [3.05, 3.63) is 65.2 Å². The molecule has 0 saturated heterocycles. The first-order valence-electron chi connectivity index (χ1n) is 6.35. The molecule has 2 aromatic carbocycles. The second-order valence-corrected chi connectivity index (χ2v) is 5.04. The van der Waals surface area contributed by atoms with E-state index in [2.05, 4.69) is 5.16 Å². The first kappa shape index (κ1) is 14.7. The molecule has 0 aliphatic heterocycles. The van der Waals surface area contributed by atoms with E-state index in [4.69, 9.17) is 16.1 Å². The Balaban J connectivity index is 2.20. The van der Waals surface area contributed by atoms with E-state index in [1.807, 2.05) is 0 Å². The standard InChI is InChI=1S/C16H9ClF3NO/c17-12-8-6-10(7-9-12)14-13(16(18,19)20)15(22-21-14)11-4-2-1-3-5-11/h1-9H. The molecule has 0 amide bonds. The lowest BCUT2D eigenvalue weighted by molar-refractivity contribution is -0.136. The Morgan fingerprint density at radius 2 is 1.50 bits per heavy atom. The van der Waals surface area contributed by atoms with Crippen molar-refractivity contribution in [1.29, 1.82) is 0 Å². The fraction of sp³-hybridized carbons (Fsp3) is 0.0625. The van der Waals surface area contributed by atoms with Crippen molar-refractivity contribution in [2.45, 2.75) is 6.18 Å². The van der Waals surface area contributed by atoms with Gasteiger partial charge in [-0.3, -0.25) is 0 Å². The highest BCUT2D eigenvalue weighted by atomic mass is 35.5. The highest BCUT2D eigenvalue weighted by Crippen LogP contribution is 2.43. The van der Waals surface area contributed by atoms with Crippen molar-refractivity contribution in [2.24, 2.45) is 0 Å². The predicted octanol–water partition coefficient (Wildman–Crippen LogP) is 5.68. The normalized spacial score (nSPS) is 11.6. The number of rotatable bonds is 2. The van der Waals surface area contributed by atoms with Crippen LogP contribution in [-0.2, 0) is 6.18 Å². The maximum absolute atomic E-state index is 13.5. The van der Waals surface area contributed by atoms with Gasteiger partial charge in [0.1, 0.15) is 11.3 Å². The Kier molecular flexibility index (Phi) is 3.66. The number of hydrogen-bond donors (Lipinski definition) is 0. The van der Waals surface area contributed by atoms with E-state index in [-0.39, 0.29) is 11.5 Å². The first-order valence-corrected chi connectivity index (χ1v) is 6.73. The summed E-state index contributed by atoms with van der Waals surface area (Å²) >= 11 is 5.76. The molecule has 3 rings (SSSR count). The summed E-state index contributed by atoms with van der Waals surface area (Å²) in [6.07, 6.45) is -4.58. The van der Waals surface area contributed by atoms with E-state index in [0.29, 0.717) is 16.1 Å². The molecule has 0 aliphatic carbocycles. The molecule has 22 heavy (non-hydrogen) atoms. The molecule has 112 valence electrons. The molecule has 0 aliphatic rings. The van der Waals surface area contributed by atoms with Crippen molar-refractivity contribution in [1.82, 2.24) is 5.16 Å². The van der Waals surface area contributed by atoms with E-state index < -0.39 is 11.7 Å². The summed E-state index contributed by atoms with van der Waals surface area (Å²) in [6.45, 7) is 0. The largest absolute Gasteiger partial charge is 0.422 e. The van der Waals surface area contributed by atoms with Crippen LogP contribution in [0.4, 0.5) is 13.2 Å². The SMILES string of the molecule is FC(F)(F)c1c(-c2ccc(Cl)cc2)noc1-c1ccccc1. The number of aromatic nitrogens is 1. The van der Waals surface area contributed by atoms with E-state index in [1.165, 1.54) is 24.3 Å². The van der Waals surface area contributed by atoms with Gasteiger partial charge in [-0.15, -0.1) is 0 Å². The maximum atomic E-state index is 13.5. The molecule has 0 fully saturated rings. The van der Waals surface area contributed by atoms with Crippen molar-refractivity contribution in [2.75, 3.05) is 0 Å². The first-order chi connectivity index (χ1) is 10.5. The Labute approximate surface area is 129 Å². The molecule has 1 aromatic heterocycles. The fourth-order valence-electron chi connectivity index (χ4n) is 2.14. The van der Waals surface area contributed by atoms with E-state index in [1.54, 1.807) is 30.3 Å². The lowest BCUT2D eigenvalue weighted by atomic mass is 10.0. The monoisotopic (exact) mass is 323 g/mol. The third kappa shape index (κ3) is 2.72. The third-order valence-corrected chi connectivity index (χ3v) is 3.38. The van der Waals surface area contributed by atoms with E-state index in [0.717, 1.165) is 0 Å². The van der Waals surface area contributed by atoms with Gasteiger partial charge >= 0.3 is 6.18 Å². The molecule has 0 spiro atoms. The molecule has 2 nitrogen and oxygen atoms in total. The summed E-state index contributed by atoms with van der Waals surface area (Å²) in [6, 6.07) is 14.0. The Hall–Kier alpha value is -2.27. The van der Waals surface area contributed by atoms with Gasteiger partial charge in [-0.1, -0.05) is 59.2 Å². The molecule has 6 heteroatoms. The summed E-state index contributed by atoms with van der Waals surface area (Å²) < 4.78 is 45.4. The zero-order valence-electron chi connectivity index (χ0n) is 11.1. The summed E-state index contributed by atoms with van der Waals surface area (Å²) in [7, 11) is 0. The molecule has 0 atom stereocenters. The molecule has 0 saturated carbocycles. The van der Waals surface area contributed by atoms with E-state index in [9.17, 15) is 13.2 Å². The topological polar surface area (TPSA) is 26.0 Å². The minimum Gasteiger partial charge on any atom is -0.355 e. The molecule has 3 aromatic rings. The van der Waals surface area contributed by atoms with Crippen molar-refractivity contribution < 1.29 is 17.7 Å². The van der Waals surface area contributed by atoms with Gasteiger partial charge < -0.3 is 4.52 Å². The second kappa shape index (κ2) is 5.50. The lowest BCUT2D eigenvalue weighted by Gasteiger charge is -2.08. The molecule has 0 unspecified atom stereocenters. The lowest BCUT2D eigenvalue weighted by Crippen LogP contribution is -2.07. The van der Waals surface area contributed by atoms with Gasteiger partial charge in [-0.2, -0.15) is 13.2 Å². The van der Waals surface area contributed by atoms with Gasteiger partial charge in [-0.25, -0.2) is 0 Å². The van der Waals surface area contributed by atoms with Gasteiger partial charge in [-0.05, 0) is 12.1 Å². The molecule has 0 N–H and O–H groups in total. The van der Waals surface area contributed by atoms with Crippen molar-refractivity contribution in [3.63, 3.8) is 0 Å². The van der Waals surface area contributed by atoms with Crippen LogP contribution in [0.3, 0.4) is 0 Å². The minimum atomic E-state index is -4.58. The van der Waals surface area contributed by atoms with Gasteiger partial charge in [0.25, 0.3) is 0 Å². The smallest absolute Gasteiger partial charge is 0.355 e. The summed E-state index contributed by atoms with van der Waals surface area (Å²) in [5.41, 5.74) is -0.519. The molecule has 0 bridgehead atoms. The number of hydrogen-bond acceptors (Lipinski definition) is 2.